The van der Waals surface area contributed by atoms with Gasteiger partial charge >= 0.3 is 0 Å². The SMILES string of the molecule is N#Cc1cccc(-c2nc3[nH]ccc(=O)c3nc2-c2ccc3ncoc3c2)c1. The van der Waals surface area contributed by atoms with Crippen LogP contribution in [0.4, 0.5) is 0 Å². The van der Waals surface area contributed by atoms with E-state index in [0.717, 1.165) is 16.6 Å². The minimum absolute atomic E-state index is 0.222. The van der Waals surface area contributed by atoms with E-state index in [1.807, 2.05) is 24.3 Å². The molecular formula is C21H11N5O2. The Labute approximate surface area is 158 Å². The summed E-state index contributed by atoms with van der Waals surface area (Å²) < 4.78 is 5.40. The molecule has 0 spiro atoms. The molecule has 1 N–H and O–H groups in total. The molecule has 0 amide bonds. The molecule has 0 saturated carbocycles. The first-order valence-corrected chi connectivity index (χ1v) is 8.46. The second-order valence-corrected chi connectivity index (χ2v) is 6.19. The highest BCUT2D eigenvalue weighted by atomic mass is 16.3. The third-order valence-electron chi connectivity index (χ3n) is 4.45. The molecule has 2 aromatic carbocycles. The summed E-state index contributed by atoms with van der Waals surface area (Å²) >= 11 is 0. The number of fused-ring (bicyclic) bond motifs is 2. The monoisotopic (exact) mass is 365 g/mol. The minimum atomic E-state index is -0.222. The first-order chi connectivity index (χ1) is 13.7. The quantitative estimate of drug-likeness (QED) is 0.511. The van der Waals surface area contributed by atoms with Crippen LogP contribution in [0, 0.1) is 11.3 Å². The van der Waals surface area contributed by atoms with Gasteiger partial charge in [-0.05, 0) is 24.3 Å². The summed E-state index contributed by atoms with van der Waals surface area (Å²) in [4.78, 5) is 28.7. The van der Waals surface area contributed by atoms with Crippen LogP contribution in [0.15, 0.2) is 70.3 Å². The number of H-pyrrole nitrogens is 1. The number of nitriles is 1. The van der Waals surface area contributed by atoms with Gasteiger partial charge in [0.25, 0.3) is 0 Å². The zero-order chi connectivity index (χ0) is 19.1. The summed E-state index contributed by atoms with van der Waals surface area (Å²) in [6, 6.07) is 16.2. The van der Waals surface area contributed by atoms with Gasteiger partial charge in [-0.25, -0.2) is 15.0 Å². The molecule has 0 fully saturated rings. The number of aromatic nitrogens is 4. The van der Waals surface area contributed by atoms with E-state index in [1.165, 1.54) is 18.7 Å². The van der Waals surface area contributed by atoms with Crippen molar-refractivity contribution in [1.29, 1.82) is 5.26 Å². The fourth-order valence-corrected chi connectivity index (χ4v) is 3.12. The van der Waals surface area contributed by atoms with Crippen molar-refractivity contribution in [2.24, 2.45) is 0 Å². The van der Waals surface area contributed by atoms with Crippen LogP contribution in [-0.4, -0.2) is 19.9 Å². The highest BCUT2D eigenvalue weighted by Gasteiger charge is 2.16. The van der Waals surface area contributed by atoms with Gasteiger partial charge in [-0.3, -0.25) is 4.79 Å². The van der Waals surface area contributed by atoms with E-state index in [0.29, 0.717) is 28.2 Å². The van der Waals surface area contributed by atoms with Crippen molar-refractivity contribution in [2.75, 3.05) is 0 Å². The van der Waals surface area contributed by atoms with E-state index in [9.17, 15) is 10.1 Å². The van der Waals surface area contributed by atoms with E-state index in [1.54, 1.807) is 18.2 Å². The number of hydrogen-bond donors (Lipinski definition) is 1. The number of nitrogens with zero attached hydrogens (tertiary/aromatic N) is 4. The molecule has 0 unspecified atom stereocenters. The number of rotatable bonds is 2. The number of nitrogens with one attached hydrogen (secondary N) is 1. The van der Waals surface area contributed by atoms with Crippen LogP contribution in [0.5, 0.6) is 0 Å². The predicted octanol–water partition coefficient (Wildman–Crippen LogP) is 3.66. The number of pyridine rings is 1. The summed E-state index contributed by atoms with van der Waals surface area (Å²) in [5, 5.41) is 9.25. The lowest BCUT2D eigenvalue weighted by molar-refractivity contribution is 0.602. The average molecular weight is 365 g/mol. The fraction of sp³-hybridized carbons (Fsp3) is 0. The molecular weight excluding hydrogens is 354 g/mol. The Hall–Kier alpha value is -4.31. The van der Waals surface area contributed by atoms with Gasteiger partial charge in [-0.2, -0.15) is 5.26 Å². The normalized spacial score (nSPS) is 11.0. The zero-order valence-corrected chi connectivity index (χ0v) is 14.4. The topological polar surface area (TPSA) is 108 Å². The van der Waals surface area contributed by atoms with E-state index < -0.39 is 0 Å². The largest absolute Gasteiger partial charge is 0.443 e. The lowest BCUT2D eigenvalue weighted by Crippen LogP contribution is -2.06. The molecule has 3 heterocycles. The summed E-state index contributed by atoms with van der Waals surface area (Å²) in [5.74, 6) is 0. The van der Waals surface area contributed by atoms with Crippen molar-refractivity contribution in [3.8, 4) is 28.6 Å². The molecule has 5 aromatic rings. The summed E-state index contributed by atoms with van der Waals surface area (Å²) in [6.07, 6.45) is 2.91. The summed E-state index contributed by atoms with van der Waals surface area (Å²) in [5.41, 5.74) is 4.80. The molecule has 0 saturated heterocycles. The number of aromatic amines is 1. The van der Waals surface area contributed by atoms with Crippen LogP contribution in [-0.2, 0) is 0 Å². The molecule has 7 heteroatoms. The van der Waals surface area contributed by atoms with Gasteiger partial charge in [-0.1, -0.05) is 18.2 Å². The second-order valence-electron chi connectivity index (χ2n) is 6.19. The molecule has 28 heavy (non-hydrogen) atoms. The highest BCUT2D eigenvalue weighted by Crippen LogP contribution is 2.32. The number of hydrogen-bond acceptors (Lipinski definition) is 6. The zero-order valence-electron chi connectivity index (χ0n) is 14.4. The van der Waals surface area contributed by atoms with Gasteiger partial charge in [-0.15, -0.1) is 0 Å². The van der Waals surface area contributed by atoms with Crippen molar-refractivity contribution in [3.63, 3.8) is 0 Å². The first-order valence-electron chi connectivity index (χ1n) is 8.46. The molecule has 0 atom stereocenters. The van der Waals surface area contributed by atoms with Gasteiger partial charge < -0.3 is 9.40 Å². The van der Waals surface area contributed by atoms with Gasteiger partial charge in [0.15, 0.2) is 23.1 Å². The van der Waals surface area contributed by atoms with Gasteiger partial charge in [0, 0.05) is 23.4 Å². The number of benzene rings is 2. The molecule has 0 aliphatic carbocycles. The van der Waals surface area contributed by atoms with E-state index in [4.69, 9.17) is 4.42 Å². The molecule has 0 aliphatic rings. The van der Waals surface area contributed by atoms with Crippen LogP contribution in [0.3, 0.4) is 0 Å². The summed E-state index contributed by atoms with van der Waals surface area (Å²) in [7, 11) is 0. The van der Waals surface area contributed by atoms with E-state index in [-0.39, 0.29) is 10.9 Å². The Bertz CT molecular complexity index is 1460. The van der Waals surface area contributed by atoms with E-state index in [2.05, 4.69) is 26.0 Å². The predicted molar refractivity (Wildman–Crippen MR) is 103 cm³/mol. The van der Waals surface area contributed by atoms with Crippen LogP contribution < -0.4 is 5.43 Å². The van der Waals surface area contributed by atoms with Crippen molar-refractivity contribution in [3.05, 3.63) is 76.9 Å². The maximum absolute atomic E-state index is 12.3. The molecule has 5 rings (SSSR count). The Morgan fingerprint density at radius 1 is 1.00 bits per heavy atom. The molecule has 132 valence electrons. The van der Waals surface area contributed by atoms with Crippen molar-refractivity contribution >= 4 is 22.3 Å². The molecule has 7 nitrogen and oxygen atoms in total. The van der Waals surface area contributed by atoms with Crippen molar-refractivity contribution in [2.45, 2.75) is 0 Å². The second kappa shape index (κ2) is 6.14. The van der Waals surface area contributed by atoms with Gasteiger partial charge in [0.1, 0.15) is 5.52 Å². The Balaban J connectivity index is 1.85. The standard InChI is InChI=1S/C21H11N5O2/c22-10-12-2-1-3-13(8-12)19-18(14-4-5-15-17(9-14)28-11-24-15)25-20-16(27)6-7-23-21(20)26-19/h1-9,11H,(H,23,26,27). The van der Waals surface area contributed by atoms with Crippen molar-refractivity contribution < 1.29 is 4.42 Å². The Morgan fingerprint density at radius 2 is 1.86 bits per heavy atom. The maximum atomic E-state index is 12.3. The van der Waals surface area contributed by atoms with Gasteiger partial charge in [0.2, 0.25) is 5.43 Å². The van der Waals surface area contributed by atoms with Crippen LogP contribution >= 0.6 is 0 Å². The minimum Gasteiger partial charge on any atom is -0.443 e. The average Bonchev–Trinajstić information content (AvgIpc) is 3.21. The van der Waals surface area contributed by atoms with Crippen LogP contribution in [0.2, 0.25) is 0 Å². The highest BCUT2D eigenvalue weighted by molar-refractivity contribution is 5.88. The third-order valence-corrected chi connectivity index (χ3v) is 4.45. The maximum Gasteiger partial charge on any atom is 0.209 e. The smallest absolute Gasteiger partial charge is 0.209 e. The number of oxazole rings is 1. The lowest BCUT2D eigenvalue weighted by Gasteiger charge is -2.10. The Kier molecular flexibility index (Phi) is 3.49. The summed E-state index contributed by atoms with van der Waals surface area (Å²) in [6.45, 7) is 0. The van der Waals surface area contributed by atoms with Gasteiger partial charge in [0.05, 0.1) is 23.0 Å². The fourth-order valence-electron chi connectivity index (χ4n) is 3.12. The molecule has 0 aliphatic heterocycles. The first kappa shape index (κ1) is 15.9. The molecule has 0 radical (unpaired) electrons. The van der Waals surface area contributed by atoms with E-state index >= 15 is 0 Å². The molecule has 0 bridgehead atoms. The lowest BCUT2D eigenvalue weighted by atomic mass is 10.0. The van der Waals surface area contributed by atoms with Crippen LogP contribution in [0.1, 0.15) is 5.56 Å². The Morgan fingerprint density at radius 3 is 2.75 bits per heavy atom. The van der Waals surface area contributed by atoms with Crippen molar-refractivity contribution in [1.82, 2.24) is 19.9 Å². The molecule has 3 aromatic heterocycles. The van der Waals surface area contributed by atoms with Crippen LogP contribution in [0.25, 0.3) is 44.8 Å². The third kappa shape index (κ3) is 2.52.